The summed E-state index contributed by atoms with van der Waals surface area (Å²) in [6.45, 7) is 5.83. The molecule has 0 saturated carbocycles. The highest BCUT2D eigenvalue weighted by atomic mass is 16.2. The Kier molecular flexibility index (Phi) is 4.51. The molecule has 0 spiro atoms. The van der Waals surface area contributed by atoms with E-state index < -0.39 is 0 Å². The highest BCUT2D eigenvalue weighted by Crippen LogP contribution is 2.21. The third-order valence-corrected chi connectivity index (χ3v) is 4.69. The third-order valence-electron chi connectivity index (χ3n) is 4.69. The number of hydrogen-bond acceptors (Lipinski definition) is 3. The standard InChI is InChI=1S/C19H23N3O2/c1-4-14-8-5-7-12(2)18(14)21-17(23)11-22-13(3)20-16-10-6-9-15(16)19(22)24/h5,7-8H,4,6,9-11H2,1-3H3,(H,21,23). The second kappa shape index (κ2) is 6.59. The molecule has 0 atom stereocenters. The SMILES string of the molecule is CCc1cccc(C)c1NC(=O)Cn1c(C)nc2c(c1=O)CCC2. The van der Waals surface area contributed by atoms with Gasteiger partial charge in [-0.05, 0) is 50.7 Å². The topological polar surface area (TPSA) is 64.0 Å². The van der Waals surface area contributed by atoms with Crippen molar-refractivity contribution in [2.45, 2.75) is 53.0 Å². The van der Waals surface area contributed by atoms with Crippen LogP contribution in [0.15, 0.2) is 23.0 Å². The summed E-state index contributed by atoms with van der Waals surface area (Å²) < 4.78 is 1.49. The smallest absolute Gasteiger partial charge is 0.257 e. The van der Waals surface area contributed by atoms with Crippen molar-refractivity contribution in [3.05, 3.63) is 56.8 Å². The van der Waals surface area contributed by atoms with E-state index in [0.717, 1.165) is 53.8 Å². The van der Waals surface area contributed by atoms with Crippen LogP contribution in [0.1, 0.15) is 41.6 Å². The maximum absolute atomic E-state index is 12.6. The second-order valence-electron chi connectivity index (χ2n) is 6.34. The molecule has 0 saturated heterocycles. The van der Waals surface area contributed by atoms with E-state index in [1.54, 1.807) is 6.92 Å². The van der Waals surface area contributed by atoms with Crippen LogP contribution in [0.3, 0.4) is 0 Å². The summed E-state index contributed by atoms with van der Waals surface area (Å²) >= 11 is 0. The Morgan fingerprint density at radius 1 is 1.29 bits per heavy atom. The van der Waals surface area contributed by atoms with Gasteiger partial charge < -0.3 is 5.32 Å². The highest BCUT2D eigenvalue weighted by Gasteiger charge is 2.20. The molecule has 24 heavy (non-hydrogen) atoms. The number of aryl methyl sites for hydroxylation is 4. The number of amides is 1. The maximum Gasteiger partial charge on any atom is 0.257 e. The molecule has 1 N–H and O–H groups in total. The molecule has 5 nitrogen and oxygen atoms in total. The van der Waals surface area contributed by atoms with E-state index in [9.17, 15) is 9.59 Å². The molecular weight excluding hydrogens is 302 g/mol. The second-order valence-corrected chi connectivity index (χ2v) is 6.34. The first-order valence-electron chi connectivity index (χ1n) is 8.48. The van der Waals surface area contributed by atoms with Crippen LogP contribution in [0.2, 0.25) is 0 Å². The number of hydrogen-bond donors (Lipinski definition) is 1. The number of benzene rings is 1. The lowest BCUT2D eigenvalue weighted by molar-refractivity contribution is -0.116. The summed E-state index contributed by atoms with van der Waals surface area (Å²) in [5.41, 5.74) is 4.59. The Bertz CT molecular complexity index is 852. The van der Waals surface area contributed by atoms with Crippen molar-refractivity contribution in [3.63, 3.8) is 0 Å². The molecule has 3 rings (SSSR count). The molecule has 1 heterocycles. The zero-order valence-corrected chi connectivity index (χ0v) is 14.5. The fourth-order valence-corrected chi connectivity index (χ4v) is 3.36. The minimum absolute atomic E-state index is 0.00242. The molecule has 1 amide bonds. The van der Waals surface area contributed by atoms with E-state index in [1.165, 1.54) is 4.57 Å². The summed E-state index contributed by atoms with van der Waals surface area (Å²) in [6, 6.07) is 5.98. The third kappa shape index (κ3) is 2.98. The van der Waals surface area contributed by atoms with E-state index >= 15 is 0 Å². The van der Waals surface area contributed by atoms with Gasteiger partial charge in [-0.15, -0.1) is 0 Å². The minimum atomic E-state index is -0.191. The van der Waals surface area contributed by atoms with Crippen LogP contribution in [0.4, 0.5) is 5.69 Å². The van der Waals surface area contributed by atoms with Crippen LogP contribution in [0, 0.1) is 13.8 Å². The van der Waals surface area contributed by atoms with Gasteiger partial charge in [0, 0.05) is 11.3 Å². The summed E-state index contributed by atoms with van der Waals surface area (Å²) in [4.78, 5) is 29.6. The molecule has 126 valence electrons. The zero-order chi connectivity index (χ0) is 17.3. The van der Waals surface area contributed by atoms with Gasteiger partial charge in [0.25, 0.3) is 5.56 Å². The average Bonchev–Trinajstić information content (AvgIpc) is 3.01. The summed E-state index contributed by atoms with van der Waals surface area (Å²) in [7, 11) is 0. The van der Waals surface area contributed by atoms with Gasteiger partial charge in [0.15, 0.2) is 0 Å². The first kappa shape index (κ1) is 16.4. The number of carbonyl (C=O) groups is 1. The number of fused-ring (bicyclic) bond motifs is 1. The number of anilines is 1. The van der Waals surface area contributed by atoms with Gasteiger partial charge in [-0.2, -0.15) is 0 Å². The number of para-hydroxylation sites is 1. The van der Waals surface area contributed by atoms with Crippen molar-refractivity contribution in [2.75, 3.05) is 5.32 Å². The number of nitrogens with zero attached hydrogens (tertiary/aromatic N) is 2. The van der Waals surface area contributed by atoms with Crippen LogP contribution < -0.4 is 10.9 Å². The predicted molar refractivity (Wildman–Crippen MR) is 94.4 cm³/mol. The van der Waals surface area contributed by atoms with Gasteiger partial charge in [-0.25, -0.2) is 4.98 Å². The molecule has 1 aromatic heterocycles. The van der Waals surface area contributed by atoms with Crippen molar-refractivity contribution < 1.29 is 4.79 Å². The summed E-state index contributed by atoms with van der Waals surface area (Å²) in [6.07, 6.45) is 3.44. The van der Waals surface area contributed by atoms with Crippen LogP contribution in [0.25, 0.3) is 0 Å². The minimum Gasteiger partial charge on any atom is -0.324 e. The van der Waals surface area contributed by atoms with Crippen molar-refractivity contribution in [3.8, 4) is 0 Å². The van der Waals surface area contributed by atoms with E-state index in [4.69, 9.17) is 0 Å². The van der Waals surface area contributed by atoms with Gasteiger partial charge in [0.2, 0.25) is 5.91 Å². The molecule has 0 fully saturated rings. The number of rotatable bonds is 4. The van der Waals surface area contributed by atoms with E-state index in [0.29, 0.717) is 5.82 Å². The van der Waals surface area contributed by atoms with Crippen molar-refractivity contribution in [1.82, 2.24) is 9.55 Å². The number of carbonyl (C=O) groups excluding carboxylic acids is 1. The van der Waals surface area contributed by atoms with Crippen LogP contribution >= 0.6 is 0 Å². The molecule has 0 radical (unpaired) electrons. The van der Waals surface area contributed by atoms with Gasteiger partial charge in [-0.3, -0.25) is 14.2 Å². The van der Waals surface area contributed by atoms with E-state index in [-0.39, 0.29) is 18.0 Å². The van der Waals surface area contributed by atoms with Gasteiger partial charge in [-0.1, -0.05) is 25.1 Å². The molecule has 0 aliphatic heterocycles. The fraction of sp³-hybridized carbons (Fsp3) is 0.421. The Morgan fingerprint density at radius 2 is 2.08 bits per heavy atom. The van der Waals surface area contributed by atoms with E-state index in [1.807, 2.05) is 25.1 Å². The first-order chi connectivity index (χ1) is 11.5. The first-order valence-corrected chi connectivity index (χ1v) is 8.48. The molecule has 5 heteroatoms. The Balaban J connectivity index is 1.86. The molecule has 0 unspecified atom stereocenters. The lowest BCUT2D eigenvalue weighted by Gasteiger charge is -2.15. The zero-order valence-electron chi connectivity index (χ0n) is 14.5. The molecule has 2 aromatic rings. The van der Waals surface area contributed by atoms with Crippen LogP contribution in [-0.2, 0) is 30.6 Å². The Hall–Kier alpha value is -2.43. The molecule has 0 bridgehead atoms. The van der Waals surface area contributed by atoms with E-state index in [2.05, 4.69) is 17.2 Å². The number of aromatic nitrogens is 2. The monoisotopic (exact) mass is 325 g/mol. The lowest BCUT2D eigenvalue weighted by atomic mass is 10.1. The fourth-order valence-electron chi connectivity index (χ4n) is 3.36. The van der Waals surface area contributed by atoms with Crippen LogP contribution in [-0.4, -0.2) is 15.5 Å². The number of nitrogens with one attached hydrogen (secondary N) is 1. The largest absolute Gasteiger partial charge is 0.324 e. The quantitative estimate of drug-likeness (QED) is 0.939. The van der Waals surface area contributed by atoms with Gasteiger partial charge >= 0.3 is 0 Å². The average molecular weight is 325 g/mol. The van der Waals surface area contributed by atoms with Crippen LogP contribution in [0.5, 0.6) is 0 Å². The predicted octanol–water partition coefficient (Wildman–Crippen LogP) is 2.55. The van der Waals surface area contributed by atoms with Crippen molar-refractivity contribution in [1.29, 1.82) is 0 Å². The molecule has 1 aliphatic rings. The molecule has 1 aliphatic carbocycles. The summed E-state index contributed by atoms with van der Waals surface area (Å²) in [5, 5.41) is 2.97. The van der Waals surface area contributed by atoms with Gasteiger partial charge in [0.1, 0.15) is 12.4 Å². The Morgan fingerprint density at radius 3 is 2.83 bits per heavy atom. The van der Waals surface area contributed by atoms with Crippen molar-refractivity contribution >= 4 is 11.6 Å². The molecular formula is C19H23N3O2. The Labute approximate surface area is 141 Å². The summed E-state index contributed by atoms with van der Waals surface area (Å²) in [5.74, 6) is 0.417. The van der Waals surface area contributed by atoms with Crippen molar-refractivity contribution in [2.24, 2.45) is 0 Å². The highest BCUT2D eigenvalue weighted by molar-refractivity contribution is 5.92. The van der Waals surface area contributed by atoms with Gasteiger partial charge in [0.05, 0.1) is 5.69 Å². The normalized spacial score (nSPS) is 13.0. The maximum atomic E-state index is 12.6. The molecule has 1 aromatic carbocycles. The lowest BCUT2D eigenvalue weighted by Crippen LogP contribution is -2.32.